The molecule has 0 spiro atoms. The van der Waals surface area contributed by atoms with E-state index in [1.54, 1.807) is 24.5 Å². The van der Waals surface area contributed by atoms with Crippen LogP contribution in [0.25, 0.3) is 21.8 Å². The van der Waals surface area contributed by atoms with Crippen LogP contribution in [0.4, 0.5) is 0 Å². The fraction of sp³-hybridized carbons (Fsp3) is 0.300. The van der Waals surface area contributed by atoms with Gasteiger partial charge in [-0.15, -0.1) is 0 Å². The van der Waals surface area contributed by atoms with E-state index in [0.29, 0.717) is 5.56 Å². The van der Waals surface area contributed by atoms with Crippen molar-refractivity contribution in [3.8, 4) is 0 Å². The summed E-state index contributed by atoms with van der Waals surface area (Å²) in [5.74, 6) is -5.15. The number of benzene rings is 2. The first kappa shape index (κ1) is 31.7. The summed E-state index contributed by atoms with van der Waals surface area (Å²) in [5.41, 5.74) is 9.21. The number of aliphatic hydroxyl groups excluding tert-OH is 1. The summed E-state index contributed by atoms with van der Waals surface area (Å²) in [4.78, 5) is 68.7. The van der Waals surface area contributed by atoms with Crippen LogP contribution in [-0.2, 0) is 36.8 Å². The second-order valence-electron chi connectivity index (χ2n) is 10.4. The fourth-order valence-corrected chi connectivity index (χ4v) is 4.91. The number of carbonyl (C=O) groups excluding carboxylic acids is 3. The molecule has 2 heterocycles. The van der Waals surface area contributed by atoms with Crippen molar-refractivity contribution < 1.29 is 39.3 Å². The second-order valence-corrected chi connectivity index (χ2v) is 10.4. The summed E-state index contributed by atoms with van der Waals surface area (Å²) in [6, 6.07) is 9.24. The summed E-state index contributed by atoms with van der Waals surface area (Å²) in [7, 11) is 0. The summed E-state index contributed by atoms with van der Waals surface area (Å²) in [5, 5.41) is 36.9. The number of carbonyl (C=O) groups is 5. The van der Waals surface area contributed by atoms with E-state index in [9.17, 15) is 39.3 Å². The van der Waals surface area contributed by atoms with Crippen molar-refractivity contribution in [2.24, 2.45) is 5.73 Å². The molecule has 0 radical (unpaired) electrons. The SMILES string of the molecule is NC(Cc1c[nH]c2ccccc12)C(=O)NC(CCC(=O)O)C(=O)NC(Cc1c[nH]c2ccccc12)C(=O)NC(CO)C(=O)O. The van der Waals surface area contributed by atoms with Crippen LogP contribution < -0.4 is 21.7 Å². The topological polar surface area (TPSA) is 240 Å². The normalized spacial score (nSPS) is 14.0. The molecule has 2 aromatic carbocycles. The molecule has 4 atom stereocenters. The lowest BCUT2D eigenvalue weighted by Gasteiger charge is -2.25. The van der Waals surface area contributed by atoms with Gasteiger partial charge < -0.3 is 47.0 Å². The number of hydrogen-bond donors (Lipinski definition) is 9. The van der Waals surface area contributed by atoms with Gasteiger partial charge in [0.1, 0.15) is 18.1 Å². The standard InChI is InChI=1S/C30H34N6O8/c31-20(11-16-13-32-21-7-3-1-5-18(16)21)27(40)34-23(9-10-26(38)39)28(41)35-24(29(42)36-25(15-37)30(43)44)12-17-14-33-22-8-4-2-6-19(17)22/h1-8,13-14,20,23-25,32-33,37H,9-12,15,31H2,(H,34,40)(H,35,41)(H,36,42)(H,38,39)(H,43,44). The van der Waals surface area contributed by atoms with Gasteiger partial charge in [0, 0.05) is 47.0 Å². The Bertz CT molecular complexity index is 1660. The molecule has 232 valence electrons. The van der Waals surface area contributed by atoms with E-state index < -0.39 is 66.9 Å². The predicted octanol–water partition coefficient (Wildman–Crippen LogP) is 0.158. The number of nitrogens with two attached hydrogens (primary N) is 1. The number of hydrogen-bond acceptors (Lipinski definition) is 7. The molecule has 10 N–H and O–H groups in total. The van der Waals surface area contributed by atoms with Crippen LogP contribution in [0, 0.1) is 0 Å². The highest BCUT2D eigenvalue weighted by atomic mass is 16.4. The number of aromatic amines is 2. The minimum absolute atomic E-state index is 0.0843. The van der Waals surface area contributed by atoms with Crippen molar-refractivity contribution in [1.29, 1.82) is 0 Å². The Balaban J connectivity index is 1.53. The molecule has 14 heteroatoms. The molecule has 4 rings (SSSR count). The summed E-state index contributed by atoms with van der Waals surface area (Å²) >= 11 is 0. The maximum absolute atomic E-state index is 13.5. The van der Waals surface area contributed by atoms with Crippen molar-refractivity contribution >= 4 is 51.5 Å². The lowest BCUT2D eigenvalue weighted by molar-refractivity contribution is -0.143. The Morgan fingerprint density at radius 3 is 1.75 bits per heavy atom. The van der Waals surface area contributed by atoms with Gasteiger partial charge in [-0.3, -0.25) is 19.2 Å². The van der Waals surface area contributed by atoms with Crippen LogP contribution in [-0.4, -0.2) is 85.7 Å². The number of para-hydroxylation sites is 2. The van der Waals surface area contributed by atoms with E-state index >= 15 is 0 Å². The van der Waals surface area contributed by atoms with Crippen molar-refractivity contribution in [3.63, 3.8) is 0 Å². The third-order valence-electron chi connectivity index (χ3n) is 7.26. The average molecular weight is 607 g/mol. The second kappa shape index (κ2) is 14.3. The monoisotopic (exact) mass is 606 g/mol. The van der Waals surface area contributed by atoms with E-state index in [1.807, 2.05) is 36.4 Å². The molecular weight excluding hydrogens is 572 g/mol. The first-order valence-corrected chi connectivity index (χ1v) is 13.9. The van der Waals surface area contributed by atoms with E-state index in [4.69, 9.17) is 5.73 Å². The molecule has 0 aliphatic rings. The van der Waals surface area contributed by atoms with Crippen LogP contribution in [0.1, 0.15) is 24.0 Å². The van der Waals surface area contributed by atoms with Gasteiger partial charge in [0.15, 0.2) is 0 Å². The number of carboxylic acids is 2. The quantitative estimate of drug-likeness (QED) is 0.0894. The molecule has 0 saturated carbocycles. The zero-order valence-corrected chi connectivity index (χ0v) is 23.6. The number of H-pyrrole nitrogens is 2. The third kappa shape index (κ3) is 7.79. The molecule has 0 bridgehead atoms. The highest BCUT2D eigenvalue weighted by molar-refractivity contribution is 5.95. The lowest BCUT2D eigenvalue weighted by atomic mass is 10.0. The van der Waals surface area contributed by atoms with Gasteiger partial charge >= 0.3 is 11.9 Å². The molecule has 0 fully saturated rings. The average Bonchev–Trinajstić information content (AvgIpc) is 3.61. The van der Waals surface area contributed by atoms with Gasteiger partial charge in [0.2, 0.25) is 17.7 Å². The van der Waals surface area contributed by atoms with Crippen molar-refractivity contribution in [3.05, 3.63) is 72.1 Å². The molecule has 4 aromatic rings. The molecule has 44 heavy (non-hydrogen) atoms. The maximum Gasteiger partial charge on any atom is 0.328 e. The Labute approximate surface area is 251 Å². The number of rotatable bonds is 15. The smallest absolute Gasteiger partial charge is 0.328 e. The van der Waals surface area contributed by atoms with Crippen LogP contribution in [0.3, 0.4) is 0 Å². The van der Waals surface area contributed by atoms with Gasteiger partial charge in [-0.25, -0.2) is 4.79 Å². The number of aromatic nitrogens is 2. The Hall–Kier alpha value is -5.21. The van der Waals surface area contributed by atoms with Crippen molar-refractivity contribution in [2.75, 3.05) is 6.61 Å². The van der Waals surface area contributed by atoms with Crippen LogP contribution in [0.2, 0.25) is 0 Å². The largest absolute Gasteiger partial charge is 0.481 e. The zero-order valence-electron chi connectivity index (χ0n) is 23.6. The Kier molecular flexibility index (Phi) is 10.3. The molecule has 2 aromatic heterocycles. The van der Waals surface area contributed by atoms with Crippen LogP contribution in [0.15, 0.2) is 60.9 Å². The minimum atomic E-state index is -1.63. The third-order valence-corrected chi connectivity index (χ3v) is 7.26. The number of aliphatic hydroxyl groups is 1. The van der Waals surface area contributed by atoms with E-state index in [2.05, 4.69) is 25.9 Å². The highest BCUT2D eigenvalue weighted by Crippen LogP contribution is 2.20. The van der Waals surface area contributed by atoms with Gasteiger partial charge in [0.25, 0.3) is 0 Å². The minimum Gasteiger partial charge on any atom is -0.481 e. The van der Waals surface area contributed by atoms with Gasteiger partial charge in [-0.2, -0.15) is 0 Å². The Morgan fingerprint density at radius 1 is 0.705 bits per heavy atom. The Morgan fingerprint density at radius 2 is 1.20 bits per heavy atom. The van der Waals surface area contributed by atoms with Crippen molar-refractivity contribution in [2.45, 2.75) is 49.9 Å². The van der Waals surface area contributed by atoms with Crippen LogP contribution in [0.5, 0.6) is 0 Å². The van der Waals surface area contributed by atoms with Gasteiger partial charge in [-0.05, 0) is 36.1 Å². The van der Waals surface area contributed by atoms with E-state index in [-0.39, 0.29) is 19.3 Å². The molecule has 14 nitrogen and oxygen atoms in total. The molecule has 4 unspecified atom stereocenters. The number of nitrogens with one attached hydrogen (secondary N) is 5. The summed E-state index contributed by atoms with van der Waals surface area (Å²) < 4.78 is 0. The predicted molar refractivity (Wildman–Crippen MR) is 159 cm³/mol. The molecule has 3 amide bonds. The van der Waals surface area contributed by atoms with Crippen molar-refractivity contribution in [1.82, 2.24) is 25.9 Å². The zero-order chi connectivity index (χ0) is 31.8. The number of amides is 3. The van der Waals surface area contributed by atoms with Crippen LogP contribution >= 0.6 is 0 Å². The highest BCUT2D eigenvalue weighted by Gasteiger charge is 2.31. The first-order chi connectivity index (χ1) is 21.1. The van der Waals surface area contributed by atoms with Gasteiger partial charge in [0.05, 0.1) is 12.6 Å². The fourth-order valence-electron chi connectivity index (χ4n) is 4.91. The van der Waals surface area contributed by atoms with E-state index in [1.165, 1.54) is 0 Å². The molecule has 0 aliphatic heterocycles. The summed E-state index contributed by atoms with van der Waals surface area (Å²) in [6.45, 7) is -0.888. The number of aliphatic carboxylic acids is 2. The lowest BCUT2D eigenvalue weighted by Crippen LogP contribution is -2.58. The maximum atomic E-state index is 13.5. The molecule has 0 aliphatic carbocycles. The molecule has 0 saturated heterocycles. The first-order valence-electron chi connectivity index (χ1n) is 13.9. The van der Waals surface area contributed by atoms with E-state index in [0.717, 1.165) is 27.4 Å². The number of carboxylic acid groups (broad SMARTS) is 2. The summed E-state index contributed by atoms with van der Waals surface area (Å²) in [6.07, 6.45) is 2.65. The molecular formula is C30H34N6O8. The van der Waals surface area contributed by atoms with Gasteiger partial charge in [-0.1, -0.05) is 36.4 Å². The number of fused-ring (bicyclic) bond motifs is 2.